The number of hydrogen-bond donors (Lipinski definition) is 1. The van der Waals surface area contributed by atoms with Gasteiger partial charge in [-0.05, 0) is 35.7 Å². The third kappa shape index (κ3) is 2.53. The van der Waals surface area contributed by atoms with E-state index < -0.39 is 0 Å². The second-order valence-corrected chi connectivity index (χ2v) is 4.13. The molecule has 0 aliphatic rings. The summed E-state index contributed by atoms with van der Waals surface area (Å²) in [4.78, 5) is 10.8. The number of aryl methyl sites for hydroxylation is 1. The van der Waals surface area contributed by atoms with Gasteiger partial charge < -0.3 is 5.11 Å². The molecule has 0 saturated heterocycles. The molecule has 0 aromatic heterocycles. The Hall–Kier alpha value is -2.09. The van der Waals surface area contributed by atoms with E-state index in [1.165, 1.54) is 0 Å². The first-order valence-corrected chi connectivity index (χ1v) is 5.52. The Morgan fingerprint density at radius 3 is 2.53 bits per heavy atom. The molecule has 0 aliphatic carbocycles. The summed E-state index contributed by atoms with van der Waals surface area (Å²) in [6, 6.07) is 13.3. The molecular formula is C15H14O2. The molecule has 2 nitrogen and oxygen atoms in total. The van der Waals surface area contributed by atoms with E-state index in [1.54, 1.807) is 19.1 Å². The Labute approximate surface area is 101 Å². The van der Waals surface area contributed by atoms with Crippen LogP contribution in [0.15, 0.2) is 42.5 Å². The maximum Gasteiger partial charge on any atom is 0.150 e. The molecule has 0 spiro atoms. The first-order valence-electron chi connectivity index (χ1n) is 5.52. The molecule has 0 heterocycles. The Bertz CT molecular complexity index is 530. The van der Waals surface area contributed by atoms with E-state index in [9.17, 15) is 9.90 Å². The van der Waals surface area contributed by atoms with Crippen molar-refractivity contribution in [2.75, 3.05) is 0 Å². The zero-order valence-electron chi connectivity index (χ0n) is 9.68. The van der Waals surface area contributed by atoms with Crippen molar-refractivity contribution in [3.05, 3.63) is 64.7 Å². The van der Waals surface area contributed by atoms with Crippen LogP contribution in [0.25, 0.3) is 0 Å². The SMILES string of the molecule is Cc1cc(C=O)cc(Cc2ccccc2)c1O. The van der Waals surface area contributed by atoms with Crippen molar-refractivity contribution in [2.45, 2.75) is 13.3 Å². The highest BCUT2D eigenvalue weighted by atomic mass is 16.3. The van der Waals surface area contributed by atoms with Gasteiger partial charge in [0.15, 0.2) is 0 Å². The highest BCUT2D eigenvalue weighted by molar-refractivity contribution is 5.76. The Morgan fingerprint density at radius 1 is 1.18 bits per heavy atom. The predicted octanol–water partition coefficient (Wildman–Crippen LogP) is 3.10. The number of benzene rings is 2. The van der Waals surface area contributed by atoms with E-state index >= 15 is 0 Å². The van der Waals surface area contributed by atoms with Gasteiger partial charge in [-0.1, -0.05) is 30.3 Å². The van der Waals surface area contributed by atoms with Crippen LogP contribution < -0.4 is 0 Å². The Balaban J connectivity index is 2.38. The van der Waals surface area contributed by atoms with E-state index in [-0.39, 0.29) is 5.75 Å². The van der Waals surface area contributed by atoms with E-state index in [1.807, 2.05) is 30.3 Å². The molecule has 2 aromatic carbocycles. The minimum atomic E-state index is 0.277. The third-order valence-corrected chi connectivity index (χ3v) is 2.78. The van der Waals surface area contributed by atoms with Crippen LogP contribution in [0.1, 0.15) is 27.0 Å². The van der Waals surface area contributed by atoms with Gasteiger partial charge in [0.2, 0.25) is 0 Å². The smallest absolute Gasteiger partial charge is 0.150 e. The fraction of sp³-hybridized carbons (Fsp3) is 0.133. The van der Waals surface area contributed by atoms with Crippen LogP contribution in [0.5, 0.6) is 5.75 Å². The normalized spacial score (nSPS) is 10.2. The molecule has 0 bridgehead atoms. The third-order valence-electron chi connectivity index (χ3n) is 2.78. The summed E-state index contributed by atoms with van der Waals surface area (Å²) in [6.45, 7) is 1.80. The molecule has 0 amide bonds. The molecule has 0 saturated carbocycles. The summed E-state index contributed by atoms with van der Waals surface area (Å²) in [5, 5.41) is 9.96. The monoisotopic (exact) mass is 226 g/mol. The molecule has 2 aromatic rings. The lowest BCUT2D eigenvalue weighted by Gasteiger charge is -2.08. The van der Waals surface area contributed by atoms with Crippen LogP contribution in [0.2, 0.25) is 0 Å². The van der Waals surface area contributed by atoms with Gasteiger partial charge in [-0.3, -0.25) is 4.79 Å². The average Bonchev–Trinajstić information content (AvgIpc) is 2.36. The molecule has 0 unspecified atom stereocenters. The predicted molar refractivity (Wildman–Crippen MR) is 67.5 cm³/mol. The van der Waals surface area contributed by atoms with Gasteiger partial charge in [0.1, 0.15) is 12.0 Å². The van der Waals surface area contributed by atoms with Crippen molar-refractivity contribution in [3.63, 3.8) is 0 Å². The molecule has 2 rings (SSSR count). The summed E-state index contributed by atoms with van der Waals surface area (Å²) in [5.41, 5.74) is 3.25. The first kappa shape index (κ1) is 11.4. The fourth-order valence-electron chi connectivity index (χ4n) is 1.90. The molecule has 1 N–H and O–H groups in total. The number of aldehydes is 1. The Morgan fingerprint density at radius 2 is 1.88 bits per heavy atom. The fourth-order valence-corrected chi connectivity index (χ4v) is 1.90. The van der Waals surface area contributed by atoms with E-state index in [2.05, 4.69) is 0 Å². The maximum atomic E-state index is 10.8. The van der Waals surface area contributed by atoms with Crippen molar-refractivity contribution in [2.24, 2.45) is 0 Å². The quantitative estimate of drug-likeness (QED) is 0.816. The van der Waals surface area contributed by atoms with Crippen LogP contribution in [-0.4, -0.2) is 11.4 Å². The molecule has 2 heteroatoms. The zero-order chi connectivity index (χ0) is 12.3. The van der Waals surface area contributed by atoms with Gasteiger partial charge in [-0.15, -0.1) is 0 Å². The number of phenols is 1. The van der Waals surface area contributed by atoms with Gasteiger partial charge in [-0.2, -0.15) is 0 Å². The van der Waals surface area contributed by atoms with Gasteiger partial charge in [-0.25, -0.2) is 0 Å². The standard InChI is InChI=1S/C15H14O2/c1-11-7-13(10-16)9-14(15(11)17)8-12-5-3-2-4-6-12/h2-7,9-10,17H,8H2,1H3. The van der Waals surface area contributed by atoms with Crippen molar-refractivity contribution in [3.8, 4) is 5.75 Å². The molecule has 0 fully saturated rings. The summed E-state index contributed by atoms with van der Waals surface area (Å²) in [5.74, 6) is 0.277. The van der Waals surface area contributed by atoms with Crippen LogP contribution in [-0.2, 0) is 6.42 Å². The lowest BCUT2D eigenvalue weighted by Crippen LogP contribution is -1.93. The molecule has 17 heavy (non-hydrogen) atoms. The molecule has 0 aliphatic heterocycles. The molecule has 86 valence electrons. The van der Waals surface area contributed by atoms with Crippen LogP contribution >= 0.6 is 0 Å². The van der Waals surface area contributed by atoms with Gasteiger partial charge in [0.25, 0.3) is 0 Å². The van der Waals surface area contributed by atoms with Crippen LogP contribution in [0.4, 0.5) is 0 Å². The summed E-state index contributed by atoms with van der Waals surface area (Å²) in [7, 11) is 0. The van der Waals surface area contributed by atoms with Crippen LogP contribution in [0.3, 0.4) is 0 Å². The van der Waals surface area contributed by atoms with Crippen molar-refractivity contribution < 1.29 is 9.90 Å². The maximum absolute atomic E-state index is 10.8. The molecule has 0 radical (unpaired) electrons. The van der Waals surface area contributed by atoms with Gasteiger partial charge in [0, 0.05) is 12.0 Å². The largest absolute Gasteiger partial charge is 0.507 e. The highest BCUT2D eigenvalue weighted by Crippen LogP contribution is 2.25. The minimum Gasteiger partial charge on any atom is -0.507 e. The summed E-state index contributed by atoms with van der Waals surface area (Å²) in [6.07, 6.45) is 1.44. The number of hydrogen-bond acceptors (Lipinski definition) is 2. The topological polar surface area (TPSA) is 37.3 Å². The number of aromatic hydroxyl groups is 1. The summed E-state index contributed by atoms with van der Waals surface area (Å²) < 4.78 is 0. The van der Waals surface area contributed by atoms with E-state index in [0.717, 1.165) is 23.0 Å². The lowest BCUT2D eigenvalue weighted by atomic mass is 9.99. The average molecular weight is 226 g/mol. The van der Waals surface area contributed by atoms with Crippen LogP contribution in [0, 0.1) is 6.92 Å². The second kappa shape index (κ2) is 4.83. The molecular weight excluding hydrogens is 212 g/mol. The first-order chi connectivity index (χ1) is 8.20. The minimum absolute atomic E-state index is 0.277. The number of rotatable bonds is 3. The Kier molecular flexibility index (Phi) is 3.24. The molecule has 0 atom stereocenters. The van der Waals surface area contributed by atoms with E-state index in [0.29, 0.717) is 12.0 Å². The van der Waals surface area contributed by atoms with Crippen molar-refractivity contribution in [1.29, 1.82) is 0 Å². The van der Waals surface area contributed by atoms with Gasteiger partial charge in [0.05, 0.1) is 0 Å². The van der Waals surface area contributed by atoms with Crippen molar-refractivity contribution in [1.82, 2.24) is 0 Å². The summed E-state index contributed by atoms with van der Waals surface area (Å²) >= 11 is 0. The van der Waals surface area contributed by atoms with E-state index in [4.69, 9.17) is 0 Å². The highest BCUT2D eigenvalue weighted by Gasteiger charge is 2.07. The zero-order valence-corrected chi connectivity index (χ0v) is 9.68. The second-order valence-electron chi connectivity index (χ2n) is 4.13. The lowest BCUT2D eigenvalue weighted by molar-refractivity contribution is 0.112. The van der Waals surface area contributed by atoms with Gasteiger partial charge >= 0.3 is 0 Å². The van der Waals surface area contributed by atoms with Crippen molar-refractivity contribution >= 4 is 6.29 Å². The number of carbonyl (C=O) groups excluding carboxylic acids is 1. The number of phenolic OH excluding ortho intramolecular Hbond substituents is 1. The number of carbonyl (C=O) groups is 1.